The number of amides is 1. The topological polar surface area (TPSA) is 123 Å². The predicted octanol–water partition coefficient (Wildman–Crippen LogP) is 3.54. The first-order valence-electron chi connectivity index (χ1n) is 13.7. The minimum absolute atomic E-state index is 0.0328. The molecule has 3 aliphatic heterocycles. The molecule has 0 bridgehead atoms. The molecule has 2 fully saturated rings. The molecule has 0 radical (unpaired) electrons. The number of hydrogen-bond donors (Lipinski definition) is 4. The predicted molar refractivity (Wildman–Crippen MR) is 161 cm³/mol. The molecule has 1 amide bonds. The number of carbonyl (C=O) groups excluding carboxylic acids is 1. The third-order valence-electron chi connectivity index (χ3n) is 7.59. The van der Waals surface area contributed by atoms with Crippen LogP contribution in [0.5, 0.6) is 0 Å². The number of nitrogens with one attached hydrogen (secondary N) is 4. The number of anilines is 2. The fraction of sp³-hybridized carbons (Fsp3) is 0.333. The second kappa shape index (κ2) is 10.3. The lowest BCUT2D eigenvalue weighted by Crippen LogP contribution is -2.44. The number of rotatable bonds is 7. The molecule has 1 atom stereocenters. The van der Waals surface area contributed by atoms with E-state index in [4.69, 9.17) is 9.97 Å². The quantitative estimate of drug-likeness (QED) is 0.207. The van der Waals surface area contributed by atoms with E-state index < -0.39 is 0 Å². The zero-order valence-corrected chi connectivity index (χ0v) is 23.4. The summed E-state index contributed by atoms with van der Waals surface area (Å²) in [4.78, 5) is 34.2. The molecule has 1 unspecified atom stereocenters. The molecule has 0 spiro atoms. The van der Waals surface area contributed by atoms with Crippen LogP contribution in [0.15, 0.2) is 59.3 Å². The van der Waals surface area contributed by atoms with Crippen LogP contribution >= 0.6 is 0 Å². The number of carbonyl (C=O) groups is 1. The first-order chi connectivity index (χ1) is 19.3. The maximum atomic E-state index is 12.2. The smallest absolute Gasteiger partial charge is 0.226 e. The Morgan fingerprint density at radius 3 is 2.75 bits per heavy atom. The fourth-order valence-electron chi connectivity index (χ4n) is 5.28. The van der Waals surface area contributed by atoms with Gasteiger partial charge in [0.2, 0.25) is 5.91 Å². The van der Waals surface area contributed by atoms with Gasteiger partial charge in [-0.2, -0.15) is 0 Å². The Kier molecular flexibility index (Phi) is 6.63. The van der Waals surface area contributed by atoms with Crippen molar-refractivity contribution in [1.29, 1.82) is 0 Å². The van der Waals surface area contributed by atoms with Crippen LogP contribution in [0.2, 0.25) is 0 Å². The van der Waals surface area contributed by atoms with Crippen molar-refractivity contribution < 1.29 is 4.79 Å². The molecule has 0 aromatic carbocycles. The fourth-order valence-corrected chi connectivity index (χ4v) is 5.28. The van der Waals surface area contributed by atoms with Crippen LogP contribution in [0.4, 0.5) is 11.6 Å². The highest BCUT2D eigenvalue weighted by molar-refractivity contribution is 5.99. The van der Waals surface area contributed by atoms with Gasteiger partial charge in [-0.25, -0.2) is 9.97 Å². The Bertz CT molecular complexity index is 1590. The summed E-state index contributed by atoms with van der Waals surface area (Å²) in [5.74, 6) is 1.69. The number of aromatic amines is 1. The Hall–Kier alpha value is -4.44. The maximum Gasteiger partial charge on any atom is 0.226 e. The third kappa shape index (κ3) is 4.86. The Balaban J connectivity index is 1.38. The lowest BCUT2D eigenvalue weighted by atomic mass is 9.96. The summed E-state index contributed by atoms with van der Waals surface area (Å²) in [5, 5.41) is 11.0. The number of H-pyrrole nitrogens is 1. The van der Waals surface area contributed by atoms with E-state index in [9.17, 15) is 4.79 Å². The van der Waals surface area contributed by atoms with Gasteiger partial charge in [-0.1, -0.05) is 13.8 Å². The highest BCUT2D eigenvalue weighted by Crippen LogP contribution is 2.43. The van der Waals surface area contributed by atoms with Crippen LogP contribution in [-0.4, -0.2) is 71.9 Å². The summed E-state index contributed by atoms with van der Waals surface area (Å²) in [6, 6.07) is 6.36. The number of allylic oxidation sites excluding steroid dienone is 3. The largest absolute Gasteiger partial charge is 0.360 e. The summed E-state index contributed by atoms with van der Waals surface area (Å²) in [7, 11) is 2.16. The van der Waals surface area contributed by atoms with E-state index in [0.29, 0.717) is 0 Å². The number of likely N-dealkylation sites (N-methyl/N-ethyl adjacent to an activating group) is 1. The van der Waals surface area contributed by atoms with E-state index in [1.807, 2.05) is 45.3 Å². The molecular formula is C30H35N9O. The second-order valence-corrected chi connectivity index (χ2v) is 10.9. The van der Waals surface area contributed by atoms with Crippen molar-refractivity contribution >= 4 is 46.3 Å². The minimum atomic E-state index is -0.110. The lowest BCUT2D eigenvalue weighted by Gasteiger charge is -2.33. The standard InChI is InChI=1S/C30H35N9O/c1-17(2)30(40)34-18(3)12-19(15-31-4)20-13-22-25(26-28(36-26)37-27(22)33-16-20)24-14-21-23(35-24)6-7-32-29(21)39-10-8-38(5)9-11-39/h6-7,12-17,28,35-36H,4,8-11H2,1-3,5H3,(H,33,37)(H,34,40)/b18-12+,19-15+. The number of pyridine rings is 2. The van der Waals surface area contributed by atoms with Crippen LogP contribution in [0.25, 0.3) is 22.0 Å². The molecule has 6 heterocycles. The second-order valence-electron chi connectivity index (χ2n) is 10.9. The van der Waals surface area contributed by atoms with E-state index >= 15 is 0 Å². The first-order valence-corrected chi connectivity index (χ1v) is 13.7. The number of piperazine rings is 1. The van der Waals surface area contributed by atoms with Crippen LogP contribution in [0, 0.1) is 5.92 Å². The molecule has 10 nitrogen and oxygen atoms in total. The summed E-state index contributed by atoms with van der Waals surface area (Å²) in [6.07, 6.45) is 7.36. The van der Waals surface area contributed by atoms with Gasteiger partial charge >= 0.3 is 0 Å². The van der Waals surface area contributed by atoms with Gasteiger partial charge < -0.3 is 30.7 Å². The van der Waals surface area contributed by atoms with Crippen molar-refractivity contribution in [2.45, 2.75) is 26.9 Å². The molecule has 0 aliphatic carbocycles. The van der Waals surface area contributed by atoms with E-state index in [0.717, 1.165) is 88.1 Å². The highest BCUT2D eigenvalue weighted by Gasteiger charge is 2.39. The number of hydrogen-bond acceptors (Lipinski definition) is 8. The van der Waals surface area contributed by atoms with E-state index in [2.05, 4.69) is 61.6 Å². The van der Waals surface area contributed by atoms with E-state index in [1.165, 1.54) is 0 Å². The van der Waals surface area contributed by atoms with Crippen LogP contribution in [-0.2, 0) is 4.79 Å². The van der Waals surface area contributed by atoms with Crippen molar-refractivity contribution in [2.75, 3.05) is 43.4 Å². The molecule has 3 aromatic rings. The third-order valence-corrected chi connectivity index (χ3v) is 7.59. The zero-order valence-electron chi connectivity index (χ0n) is 23.4. The Morgan fingerprint density at radius 2 is 2.00 bits per heavy atom. The van der Waals surface area contributed by atoms with Crippen molar-refractivity contribution in [1.82, 2.24) is 30.5 Å². The monoisotopic (exact) mass is 537 g/mol. The SMILES string of the molecule is C=N/C=C(\C=C(/C)NC(=O)C(C)C)c1cnc2c(c1)C(c1cc3c(N4CCN(C)CC4)nccc3[nH]1)=C1NC1N2. The van der Waals surface area contributed by atoms with Gasteiger partial charge in [-0.15, -0.1) is 0 Å². The van der Waals surface area contributed by atoms with Gasteiger partial charge in [0, 0.05) is 89.7 Å². The van der Waals surface area contributed by atoms with Gasteiger partial charge in [0.15, 0.2) is 0 Å². The number of nitrogens with zero attached hydrogens (tertiary/aromatic N) is 5. The Labute approximate surface area is 234 Å². The van der Waals surface area contributed by atoms with Crippen molar-refractivity contribution in [3.63, 3.8) is 0 Å². The molecule has 6 rings (SSSR count). The molecular weight excluding hydrogens is 502 g/mol. The molecule has 10 heteroatoms. The van der Waals surface area contributed by atoms with Crippen LogP contribution in [0.1, 0.15) is 37.6 Å². The van der Waals surface area contributed by atoms with Gasteiger partial charge in [0.1, 0.15) is 17.8 Å². The molecule has 206 valence electrons. The minimum Gasteiger partial charge on any atom is -0.360 e. The van der Waals surface area contributed by atoms with Gasteiger partial charge in [-0.05, 0) is 45.0 Å². The van der Waals surface area contributed by atoms with Crippen molar-refractivity contribution in [3.05, 3.63) is 71.1 Å². The van der Waals surface area contributed by atoms with Gasteiger partial charge in [0.05, 0.1) is 11.2 Å². The van der Waals surface area contributed by atoms with Crippen LogP contribution in [0.3, 0.4) is 0 Å². The lowest BCUT2D eigenvalue weighted by molar-refractivity contribution is -0.123. The zero-order chi connectivity index (χ0) is 28.0. The molecule has 3 aliphatic rings. The normalized spacial score (nSPS) is 19.2. The Morgan fingerprint density at radius 1 is 1.20 bits per heavy atom. The van der Waals surface area contributed by atoms with E-state index in [-0.39, 0.29) is 18.0 Å². The van der Waals surface area contributed by atoms with E-state index in [1.54, 1.807) is 6.20 Å². The summed E-state index contributed by atoms with van der Waals surface area (Å²) < 4.78 is 0. The van der Waals surface area contributed by atoms with Gasteiger partial charge in [0.25, 0.3) is 0 Å². The average molecular weight is 538 g/mol. The van der Waals surface area contributed by atoms with Crippen molar-refractivity contribution in [2.24, 2.45) is 10.9 Å². The number of aliphatic imine (C=N–C) groups is 1. The maximum absolute atomic E-state index is 12.2. The van der Waals surface area contributed by atoms with Crippen molar-refractivity contribution in [3.8, 4) is 0 Å². The first kappa shape index (κ1) is 25.8. The summed E-state index contributed by atoms with van der Waals surface area (Å²) in [6.45, 7) is 13.2. The van der Waals surface area contributed by atoms with Crippen LogP contribution < -0.4 is 20.9 Å². The summed E-state index contributed by atoms with van der Waals surface area (Å²) >= 11 is 0. The molecule has 4 N–H and O–H groups in total. The molecule has 0 saturated carbocycles. The molecule has 2 saturated heterocycles. The number of aromatic nitrogens is 3. The van der Waals surface area contributed by atoms with Gasteiger partial charge in [-0.3, -0.25) is 9.79 Å². The number of fused-ring (bicyclic) bond motifs is 3. The summed E-state index contributed by atoms with van der Waals surface area (Å²) in [5.41, 5.74) is 7.70. The highest BCUT2D eigenvalue weighted by atomic mass is 16.1. The molecule has 40 heavy (non-hydrogen) atoms. The average Bonchev–Trinajstić information content (AvgIpc) is 3.57. The molecule has 3 aromatic heterocycles.